The highest BCUT2D eigenvalue weighted by atomic mass is 19.4. The number of ether oxygens (including phenoxy) is 1. The number of fused-ring (bicyclic) bond motifs is 1. The number of benzene rings is 2. The number of pyridine rings is 1. The van der Waals surface area contributed by atoms with Crippen molar-refractivity contribution in [1.82, 2.24) is 20.7 Å². The number of carbonyl (C=O) groups is 5. The molecule has 24 heteroatoms. The van der Waals surface area contributed by atoms with E-state index >= 15 is 0 Å². The van der Waals surface area contributed by atoms with Crippen molar-refractivity contribution in [2.75, 3.05) is 19.6 Å². The summed E-state index contributed by atoms with van der Waals surface area (Å²) in [6, 6.07) is 16.4. The van der Waals surface area contributed by atoms with Crippen LogP contribution in [0.4, 0.5) is 39.5 Å². The van der Waals surface area contributed by atoms with Crippen molar-refractivity contribution in [2.45, 2.75) is 57.5 Å². The van der Waals surface area contributed by atoms with E-state index in [1.165, 1.54) is 0 Å². The predicted octanol–water partition coefficient (Wildman–Crippen LogP) is 4.30. The number of carboxylic acid groups (broad SMARTS) is 3. The van der Waals surface area contributed by atoms with Crippen molar-refractivity contribution in [3.05, 3.63) is 71.4 Å². The molecule has 2 amide bonds. The summed E-state index contributed by atoms with van der Waals surface area (Å²) >= 11 is 0. The number of para-hydroxylation sites is 1. The second-order valence-electron chi connectivity index (χ2n) is 11.8. The molecular weight excluding hydrogens is 797 g/mol. The number of aromatic nitrogens is 1. The van der Waals surface area contributed by atoms with E-state index in [0.717, 1.165) is 22.2 Å². The Balaban J connectivity index is 0.000000632. The van der Waals surface area contributed by atoms with E-state index in [1.807, 2.05) is 44.2 Å². The molecule has 0 bridgehead atoms. The maximum absolute atomic E-state index is 13.0. The van der Waals surface area contributed by atoms with Gasteiger partial charge in [-0.05, 0) is 63.2 Å². The van der Waals surface area contributed by atoms with Crippen LogP contribution in [-0.2, 0) is 25.8 Å². The fraction of sp³-hybridized carbons (Fsp3) is 0.394. The van der Waals surface area contributed by atoms with Crippen LogP contribution < -0.4 is 21.3 Å². The monoisotopic (exact) mass is 833 g/mol. The van der Waals surface area contributed by atoms with Gasteiger partial charge in [-0.25, -0.2) is 19.9 Å². The number of nitrogens with two attached hydrogens (primary N) is 1. The number of nitrogens with one attached hydrogen (secondary N) is 2. The number of nitrogens with zero attached hydrogens (tertiary/aromatic N) is 2. The van der Waals surface area contributed by atoms with Crippen LogP contribution in [0.1, 0.15) is 35.0 Å². The number of carbonyl (C=O) groups excluding carboxylic acids is 2. The van der Waals surface area contributed by atoms with E-state index in [4.69, 9.17) is 45.4 Å². The molecule has 8 N–H and O–H groups in total. The first-order chi connectivity index (χ1) is 26.2. The number of carboxylic acids is 3. The summed E-state index contributed by atoms with van der Waals surface area (Å²) in [7, 11) is 0. The number of halogens is 9. The summed E-state index contributed by atoms with van der Waals surface area (Å²) in [5.74, 6) is -8.94. The second-order valence-corrected chi connectivity index (χ2v) is 11.8. The molecule has 0 spiro atoms. The second kappa shape index (κ2) is 21.5. The van der Waals surface area contributed by atoms with E-state index in [-0.39, 0.29) is 11.9 Å². The molecule has 2 aromatic carbocycles. The molecule has 1 aliphatic rings. The lowest BCUT2D eigenvalue weighted by Gasteiger charge is -2.38. The SMILES string of the molecule is Cc1cc(COc2ccc(C(=O)N[C@@H]3CN(C[C@H](C)N)CC[C@@H]3C(=O)NO)cc2)c2ccccc2n1.O=C(O)C(F)(F)F.O=C(O)C(F)(F)F.O=C(O)C(F)(F)F. The third kappa shape index (κ3) is 17.7. The van der Waals surface area contributed by atoms with Gasteiger partial charge in [-0.1, -0.05) is 18.2 Å². The largest absolute Gasteiger partial charge is 0.490 e. The average Bonchev–Trinajstić information content (AvgIpc) is 3.10. The van der Waals surface area contributed by atoms with Crippen molar-refractivity contribution in [2.24, 2.45) is 11.7 Å². The molecule has 57 heavy (non-hydrogen) atoms. The maximum Gasteiger partial charge on any atom is 0.490 e. The molecule has 0 aliphatic carbocycles. The fourth-order valence-electron chi connectivity index (χ4n) is 4.77. The summed E-state index contributed by atoms with van der Waals surface area (Å²) in [6.45, 7) is 6.07. The maximum atomic E-state index is 13.0. The van der Waals surface area contributed by atoms with Gasteiger partial charge in [0.25, 0.3) is 5.91 Å². The molecule has 3 aromatic rings. The summed E-state index contributed by atoms with van der Waals surface area (Å²) in [4.78, 5) is 58.5. The van der Waals surface area contributed by atoms with Crippen LogP contribution in [0.15, 0.2) is 54.6 Å². The predicted molar refractivity (Wildman–Crippen MR) is 178 cm³/mol. The quantitative estimate of drug-likeness (QED) is 0.0953. The molecule has 4 rings (SSSR count). The fourth-order valence-corrected chi connectivity index (χ4v) is 4.77. The topological polar surface area (TPSA) is 242 Å². The molecule has 1 saturated heterocycles. The molecule has 0 saturated carbocycles. The zero-order valence-corrected chi connectivity index (χ0v) is 29.6. The van der Waals surface area contributed by atoms with Crippen LogP contribution in [0, 0.1) is 12.8 Å². The smallest absolute Gasteiger partial charge is 0.489 e. The van der Waals surface area contributed by atoms with Gasteiger partial charge in [0.15, 0.2) is 0 Å². The molecule has 15 nitrogen and oxygen atoms in total. The number of hydrogen-bond donors (Lipinski definition) is 7. The summed E-state index contributed by atoms with van der Waals surface area (Å²) in [5, 5.41) is 34.5. The van der Waals surface area contributed by atoms with E-state index in [0.29, 0.717) is 44.0 Å². The minimum absolute atomic E-state index is 0.0221. The van der Waals surface area contributed by atoms with Gasteiger partial charge in [0.05, 0.1) is 17.5 Å². The van der Waals surface area contributed by atoms with Crippen molar-refractivity contribution >= 4 is 40.6 Å². The third-order valence-electron chi connectivity index (χ3n) is 7.17. The summed E-state index contributed by atoms with van der Waals surface area (Å²) < 4.78 is 101. The molecule has 2 heterocycles. The van der Waals surface area contributed by atoms with Gasteiger partial charge < -0.3 is 31.1 Å². The summed E-state index contributed by atoms with van der Waals surface area (Å²) in [6.07, 6.45) is -14.7. The lowest BCUT2D eigenvalue weighted by Crippen LogP contribution is -2.57. The Morgan fingerprint density at radius 3 is 1.82 bits per heavy atom. The first-order valence-electron chi connectivity index (χ1n) is 15.9. The van der Waals surface area contributed by atoms with Gasteiger partial charge in [0.2, 0.25) is 5.91 Å². The number of piperidine rings is 1. The van der Waals surface area contributed by atoms with Gasteiger partial charge in [-0.15, -0.1) is 0 Å². The van der Waals surface area contributed by atoms with E-state index in [1.54, 1.807) is 29.7 Å². The van der Waals surface area contributed by atoms with Crippen LogP contribution in [0.25, 0.3) is 10.9 Å². The van der Waals surface area contributed by atoms with Gasteiger partial charge in [0.1, 0.15) is 12.4 Å². The van der Waals surface area contributed by atoms with Crippen LogP contribution >= 0.6 is 0 Å². The number of aryl methyl sites for hydroxylation is 1. The third-order valence-corrected chi connectivity index (χ3v) is 7.17. The standard InChI is InChI=1S/C27H33N5O4.3C2HF3O2/c1-17(28)14-32-12-11-23(27(34)31-35)25(15-32)30-26(33)19-7-9-21(10-8-19)36-16-20-13-18(2)29-24-6-4-3-5-22(20)24;3*3-2(4,5)1(6)7/h3-10,13,17,23,25,35H,11-12,14-16,28H2,1-2H3,(H,30,33)(H,31,34);3*(H,6,7)/t17-,23-,25+;;;/m0.../s1. The Morgan fingerprint density at radius 2 is 1.37 bits per heavy atom. The number of rotatable bonds is 8. The highest BCUT2D eigenvalue weighted by Crippen LogP contribution is 2.23. The Kier molecular flexibility index (Phi) is 18.6. The van der Waals surface area contributed by atoms with Gasteiger partial charge in [-0.3, -0.25) is 24.7 Å². The summed E-state index contributed by atoms with van der Waals surface area (Å²) in [5.41, 5.74) is 11.0. The number of amides is 2. The van der Waals surface area contributed by atoms with Crippen molar-refractivity contribution in [3.63, 3.8) is 0 Å². The van der Waals surface area contributed by atoms with Crippen molar-refractivity contribution < 1.29 is 88.8 Å². The van der Waals surface area contributed by atoms with Gasteiger partial charge in [-0.2, -0.15) is 39.5 Å². The Bertz CT molecular complexity index is 1770. The zero-order valence-electron chi connectivity index (χ0n) is 29.6. The Hall–Kier alpha value is -5.75. The van der Waals surface area contributed by atoms with E-state index in [9.17, 15) is 49.1 Å². The van der Waals surface area contributed by atoms with Crippen LogP contribution in [0.5, 0.6) is 5.75 Å². The van der Waals surface area contributed by atoms with Crippen molar-refractivity contribution in [1.29, 1.82) is 0 Å². The van der Waals surface area contributed by atoms with E-state index < -0.39 is 54.3 Å². The average molecular weight is 834 g/mol. The molecule has 316 valence electrons. The number of likely N-dealkylation sites (tertiary alicyclic amines) is 1. The normalized spacial score (nSPS) is 16.2. The minimum Gasteiger partial charge on any atom is -0.489 e. The number of alkyl halides is 9. The number of hydrogen-bond acceptors (Lipinski definition) is 10. The van der Waals surface area contributed by atoms with Crippen LogP contribution in [-0.4, -0.2) is 110 Å². The minimum atomic E-state index is -5.08. The molecule has 1 fully saturated rings. The Morgan fingerprint density at radius 1 is 0.877 bits per heavy atom. The highest BCUT2D eigenvalue weighted by molar-refractivity contribution is 5.95. The molecule has 0 unspecified atom stereocenters. The van der Waals surface area contributed by atoms with Crippen LogP contribution in [0.3, 0.4) is 0 Å². The molecule has 1 aliphatic heterocycles. The molecule has 0 radical (unpaired) electrons. The lowest BCUT2D eigenvalue weighted by molar-refractivity contribution is -0.193. The molecule has 3 atom stereocenters. The van der Waals surface area contributed by atoms with Crippen molar-refractivity contribution in [3.8, 4) is 5.75 Å². The lowest BCUT2D eigenvalue weighted by atomic mass is 9.90. The first-order valence-corrected chi connectivity index (χ1v) is 15.9. The highest BCUT2D eigenvalue weighted by Gasteiger charge is 2.39. The van der Waals surface area contributed by atoms with Gasteiger partial charge in [0, 0.05) is 41.3 Å². The van der Waals surface area contributed by atoms with Crippen LogP contribution in [0.2, 0.25) is 0 Å². The molecular formula is C33H36F9N5O10. The van der Waals surface area contributed by atoms with E-state index in [2.05, 4.69) is 15.2 Å². The Labute approximate surface area is 316 Å². The van der Waals surface area contributed by atoms with Gasteiger partial charge >= 0.3 is 36.4 Å². The number of hydroxylamine groups is 1. The molecule has 1 aromatic heterocycles. The zero-order chi connectivity index (χ0) is 43.9. The first kappa shape index (κ1) is 49.3. The number of aliphatic carboxylic acids is 3.